The molecule has 0 fully saturated rings. The maximum Gasteiger partial charge on any atom is 0.271 e. The van der Waals surface area contributed by atoms with Crippen LogP contribution in [0.25, 0.3) is 0 Å². The van der Waals surface area contributed by atoms with Crippen molar-refractivity contribution in [2.24, 2.45) is 0 Å². The summed E-state index contributed by atoms with van der Waals surface area (Å²) in [6.45, 7) is 3.94. The predicted molar refractivity (Wildman–Crippen MR) is 134 cm³/mol. The first-order chi connectivity index (χ1) is 15.3. The molecule has 0 atom stereocenters. The molecule has 0 bridgehead atoms. The fraction of sp³-hybridized carbons (Fsp3) is 0.0909. The highest BCUT2D eigenvalue weighted by Gasteiger charge is 2.16. The van der Waals surface area contributed by atoms with Crippen LogP contribution in [0.15, 0.2) is 74.7 Å². The van der Waals surface area contributed by atoms with Gasteiger partial charge in [0.15, 0.2) is 0 Å². The zero-order valence-corrected chi connectivity index (χ0v) is 20.5. The van der Waals surface area contributed by atoms with Gasteiger partial charge in [-0.3, -0.25) is 4.72 Å². The van der Waals surface area contributed by atoms with Crippen LogP contribution in [0, 0.1) is 13.8 Å². The monoisotopic (exact) mass is 529 g/mol. The molecule has 0 saturated carbocycles. The molecule has 0 unspecified atom stereocenters. The lowest BCUT2D eigenvalue weighted by Crippen LogP contribution is -2.11. The Hall–Kier alpha value is -2.95. The molecule has 0 spiro atoms. The quantitative estimate of drug-likeness (QED) is 0.263. The number of thiophene rings is 1. The Morgan fingerprint density at radius 2 is 1.44 bits per heavy atom. The molecule has 2 heterocycles. The maximum absolute atomic E-state index is 12.5. The first-order valence-corrected chi connectivity index (χ1v) is 12.7. The number of benzene rings is 2. The lowest BCUT2D eigenvalue weighted by Gasteiger charge is -2.11. The first-order valence-electron chi connectivity index (χ1n) is 9.61. The molecular formula is C22H20BrN5O2S2. The summed E-state index contributed by atoms with van der Waals surface area (Å²) in [7, 11) is -3.62. The van der Waals surface area contributed by atoms with Crippen LogP contribution in [0.3, 0.4) is 0 Å². The number of nitrogens with zero attached hydrogens (tertiary/aromatic N) is 2. The molecule has 10 heteroatoms. The van der Waals surface area contributed by atoms with Gasteiger partial charge in [-0.1, -0.05) is 17.7 Å². The van der Waals surface area contributed by atoms with Crippen LogP contribution in [-0.4, -0.2) is 18.4 Å². The van der Waals surface area contributed by atoms with Gasteiger partial charge in [0.2, 0.25) is 5.95 Å². The zero-order chi connectivity index (χ0) is 22.7. The normalized spacial score (nSPS) is 11.2. The van der Waals surface area contributed by atoms with Gasteiger partial charge in [0.25, 0.3) is 10.0 Å². The van der Waals surface area contributed by atoms with Crippen LogP contribution in [-0.2, 0) is 10.0 Å². The minimum absolute atomic E-state index is 0.244. The third-order valence-corrected chi connectivity index (χ3v) is 7.88. The minimum Gasteiger partial charge on any atom is -0.340 e. The Labute approximate surface area is 199 Å². The largest absolute Gasteiger partial charge is 0.340 e. The van der Waals surface area contributed by atoms with Gasteiger partial charge in [-0.05, 0) is 78.3 Å². The molecule has 0 saturated heterocycles. The topological polar surface area (TPSA) is 96.0 Å². The van der Waals surface area contributed by atoms with Crippen LogP contribution in [0.5, 0.6) is 0 Å². The lowest BCUT2D eigenvalue weighted by molar-refractivity contribution is 0.603. The van der Waals surface area contributed by atoms with E-state index >= 15 is 0 Å². The van der Waals surface area contributed by atoms with E-state index in [0.717, 1.165) is 32.2 Å². The van der Waals surface area contributed by atoms with E-state index < -0.39 is 10.0 Å². The van der Waals surface area contributed by atoms with E-state index in [1.54, 1.807) is 36.4 Å². The molecule has 4 aromatic rings. The van der Waals surface area contributed by atoms with E-state index in [0.29, 0.717) is 17.5 Å². The highest BCUT2D eigenvalue weighted by atomic mass is 79.9. The Morgan fingerprint density at radius 1 is 0.812 bits per heavy atom. The SMILES string of the molecule is Cc1ccc(Nc2cc(C)nc(Nc3ccc(NS(=O)(=O)c4ccc(Br)s4)cc3)n2)cc1. The summed E-state index contributed by atoms with van der Waals surface area (Å²) in [4.78, 5) is 8.95. The Bertz CT molecular complexity index is 1340. The van der Waals surface area contributed by atoms with Crippen LogP contribution in [0.2, 0.25) is 0 Å². The van der Waals surface area contributed by atoms with Crippen molar-refractivity contribution in [1.82, 2.24) is 9.97 Å². The number of sulfonamides is 1. The summed E-state index contributed by atoms with van der Waals surface area (Å²) in [5.41, 5.74) is 4.13. The fourth-order valence-corrected chi connectivity index (χ4v) is 5.94. The van der Waals surface area contributed by atoms with Crippen molar-refractivity contribution in [3.8, 4) is 0 Å². The third kappa shape index (κ3) is 5.64. The standard InChI is InChI=1S/C22H20BrN5O2S2/c1-14-3-5-16(6-4-14)25-20-13-15(2)24-22(27-20)26-17-7-9-18(10-8-17)28-32(29,30)21-12-11-19(23)31-21/h3-13,28H,1-2H3,(H2,24,25,26,27). The predicted octanol–water partition coefficient (Wildman–Crippen LogP) is 6.21. The van der Waals surface area contributed by atoms with Crippen molar-refractivity contribution in [2.75, 3.05) is 15.4 Å². The Morgan fingerprint density at radius 3 is 2.09 bits per heavy atom. The van der Waals surface area contributed by atoms with E-state index in [-0.39, 0.29) is 4.21 Å². The van der Waals surface area contributed by atoms with Crippen molar-refractivity contribution >= 4 is 66.1 Å². The van der Waals surface area contributed by atoms with Gasteiger partial charge in [-0.15, -0.1) is 11.3 Å². The van der Waals surface area contributed by atoms with Crippen LogP contribution < -0.4 is 15.4 Å². The van der Waals surface area contributed by atoms with Gasteiger partial charge >= 0.3 is 0 Å². The summed E-state index contributed by atoms with van der Waals surface area (Å²) in [6.07, 6.45) is 0. The number of anilines is 5. The number of halogens is 1. The van der Waals surface area contributed by atoms with Gasteiger partial charge in [0.05, 0.1) is 3.79 Å². The van der Waals surface area contributed by atoms with E-state index in [9.17, 15) is 8.42 Å². The number of hydrogen-bond acceptors (Lipinski definition) is 7. The van der Waals surface area contributed by atoms with Gasteiger partial charge < -0.3 is 10.6 Å². The van der Waals surface area contributed by atoms with Gasteiger partial charge in [0, 0.05) is 28.8 Å². The van der Waals surface area contributed by atoms with Gasteiger partial charge in [0.1, 0.15) is 10.0 Å². The molecule has 164 valence electrons. The van der Waals surface area contributed by atoms with Gasteiger partial charge in [-0.2, -0.15) is 4.98 Å². The molecular weight excluding hydrogens is 510 g/mol. The van der Waals surface area contributed by atoms with Crippen molar-refractivity contribution in [3.05, 3.63) is 81.8 Å². The van der Waals surface area contributed by atoms with Crippen molar-refractivity contribution in [2.45, 2.75) is 18.1 Å². The number of aromatic nitrogens is 2. The maximum atomic E-state index is 12.5. The molecule has 0 amide bonds. The summed E-state index contributed by atoms with van der Waals surface area (Å²) in [6, 6.07) is 20.1. The van der Waals surface area contributed by atoms with Crippen molar-refractivity contribution < 1.29 is 8.42 Å². The van der Waals surface area contributed by atoms with E-state index in [4.69, 9.17) is 0 Å². The van der Waals surface area contributed by atoms with Crippen LogP contribution in [0.1, 0.15) is 11.3 Å². The molecule has 0 aliphatic heterocycles. The van der Waals surface area contributed by atoms with E-state index in [1.807, 2.05) is 44.2 Å². The highest BCUT2D eigenvalue weighted by molar-refractivity contribution is 9.11. The molecule has 0 aliphatic carbocycles. The number of hydrogen-bond donors (Lipinski definition) is 3. The molecule has 0 radical (unpaired) electrons. The molecule has 3 N–H and O–H groups in total. The third-order valence-electron chi connectivity index (χ3n) is 4.38. The number of aryl methyl sites for hydroxylation is 2. The first kappa shape index (κ1) is 22.3. The molecule has 2 aromatic heterocycles. The second kappa shape index (κ2) is 9.27. The highest BCUT2D eigenvalue weighted by Crippen LogP contribution is 2.28. The van der Waals surface area contributed by atoms with Gasteiger partial charge in [-0.25, -0.2) is 13.4 Å². The van der Waals surface area contributed by atoms with E-state index in [2.05, 4.69) is 41.3 Å². The minimum atomic E-state index is -3.62. The Kier molecular flexibility index (Phi) is 6.45. The second-order valence-electron chi connectivity index (χ2n) is 7.08. The number of rotatable bonds is 7. The average Bonchev–Trinajstić information content (AvgIpc) is 3.18. The molecule has 2 aromatic carbocycles. The Balaban J connectivity index is 1.46. The molecule has 32 heavy (non-hydrogen) atoms. The molecule has 4 rings (SSSR count). The smallest absolute Gasteiger partial charge is 0.271 e. The van der Waals surface area contributed by atoms with Crippen LogP contribution >= 0.6 is 27.3 Å². The molecule has 0 aliphatic rings. The average molecular weight is 530 g/mol. The summed E-state index contributed by atoms with van der Waals surface area (Å²) < 4.78 is 28.5. The molecule has 7 nitrogen and oxygen atoms in total. The summed E-state index contributed by atoms with van der Waals surface area (Å²) in [5, 5.41) is 6.44. The number of nitrogens with one attached hydrogen (secondary N) is 3. The lowest BCUT2D eigenvalue weighted by atomic mass is 10.2. The van der Waals surface area contributed by atoms with Crippen molar-refractivity contribution in [3.63, 3.8) is 0 Å². The fourth-order valence-electron chi connectivity index (χ4n) is 2.87. The van der Waals surface area contributed by atoms with Crippen LogP contribution in [0.4, 0.5) is 28.8 Å². The zero-order valence-electron chi connectivity index (χ0n) is 17.3. The van der Waals surface area contributed by atoms with Crippen molar-refractivity contribution in [1.29, 1.82) is 0 Å². The second-order valence-corrected chi connectivity index (χ2v) is 11.4. The van der Waals surface area contributed by atoms with E-state index in [1.165, 1.54) is 5.56 Å². The summed E-state index contributed by atoms with van der Waals surface area (Å²) >= 11 is 4.44. The summed E-state index contributed by atoms with van der Waals surface area (Å²) in [5.74, 6) is 1.12.